The van der Waals surface area contributed by atoms with Crippen molar-refractivity contribution in [3.8, 4) is 5.75 Å². The lowest BCUT2D eigenvalue weighted by Gasteiger charge is -2.34. The van der Waals surface area contributed by atoms with Crippen molar-refractivity contribution in [2.24, 2.45) is 9.98 Å². The van der Waals surface area contributed by atoms with E-state index in [9.17, 15) is 4.79 Å². The quantitative estimate of drug-likeness (QED) is 0.452. The van der Waals surface area contributed by atoms with Gasteiger partial charge in [0, 0.05) is 61.0 Å². The van der Waals surface area contributed by atoms with Crippen molar-refractivity contribution in [1.29, 1.82) is 0 Å². The van der Waals surface area contributed by atoms with E-state index in [2.05, 4.69) is 46.5 Å². The minimum atomic E-state index is -0.264. The van der Waals surface area contributed by atoms with Crippen molar-refractivity contribution in [2.75, 3.05) is 50.6 Å². The van der Waals surface area contributed by atoms with Crippen LogP contribution in [0.25, 0.3) is 5.57 Å². The summed E-state index contributed by atoms with van der Waals surface area (Å²) in [4.78, 5) is 25.5. The van der Waals surface area contributed by atoms with Gasteiger partial charge in [0.25, 0.3) is 0 Å². The molecule has 7 nitrogen and oxygen atoms in total. The number of aliphatic imine (C=N–C) groups is 2. The average Bonchev–Trinajstić information content (AvgIpc) is 2.90. The van der Waals surface area contributed by atoms with Gasteiger partial charge in [0.2, 0.25) is 5.91 Å². The standard InChI is InChI=1S/C29H31N5O2/c1-5-28(35)31-23-10-6-8-21(18-23)25-11-7-9-22(20-30-2)29(25)32-26-13-12-24(19-27(26)36-4)34-16-14-33(3)15-17-34/h5-13,18-20H,1-2,14-17H2,3-4H3,(H,31,35)/b22-20-,32-29+. The van der Waals surface area contributed by atoms with Crippen LogP contribution < -0.4 is 15.0 Å². The molecule has 1 heterocycles. The molecule has 0 unspecified atom stereocenters. The molecule has 4 rings (SSSR count). The minimum Gasteiger partial charge on any atom is -0.494 e. The Balaban J connectivity index is 1.73. The lowest BCUT2D eigenvalue weighted by Crippen LogP contribution is -2.44. The molecular formula is C29H31N5O2. The number of hydrogen-bond donors (Lipinski definition) is 1. The van der Waals surface area contributed by atoms with Crippen LogP contribution in [0.4, 0.5) is 17.1 Å². The first-order valence-corrected chi connectivity index (χ1v) is 11.8. The maximum Gasteiger partial charge on any atom is 0.247 e. The predicted octanol–water partition coefficient (Wildman–Crippen LogP) is 4.88. The summed E-state index contributed by atoms with van der Waals surface area (Å²) < 4.78 is 5.76. The van der Waals surface area contributed by atoms with Gasteiger partial charge in [0.15, 0.2) is 0 Å². The monoisotopic (exact) mass is 481 g/mol. The Morgan fingerprint density at radius 2 is 1.94 bits per heavy atom. The van der Waals surface area contributed by atoms with Crippen molar-refractivity contribution < 1.29 is 9.53 Å². The van der Waals surface area contributed by atoms with Gasteiger partial charge >= 0.3 is 0 Å². The summed E-state index contributed by atoms with van der Waals surface area (Å²) in [6, 6.07) is 13.8. The van der Waals surface area contributed by atoms with Crippen LogP contribution in [0.3, 0.4) is 0 Å². The summed E-state index contributed by atoms with van der Waals surface area (Å²) >= 11 is 0. The molecule has 0 saturated carbocycles. The molecule has 1 saturated heterocycles. The fraction of sp³-hybridized carbons (Fsp3) is 0.207. The Kier molecular flexibility index (Phi) is 7.92. The first kappa shape index (κ1) is 24.9. The minimum absolute atomic E-state index is 0.264. The zero-order valence-electron chi connectivity index (χ0n) is 20.8. The molecule has 0 spiro atoms. The van der Waals surface area contributed by atoms with Gasteiger partial charge in [0.05, 0.1) is 12.8 Å². The summed E-state index contributed by atoms with van der Waals surface area (Å²) in [6.45, 7) is 11.2. The number of carbonyl (C=O) groups is 1. The fourth-order valence-electron chi connectivity index (χ4n) is 4.22. The number of nitrogens with one attached hydrogen (secondary N) is 1. The van der Waals surface area contributed by atoms with Crippen LogP contribution in [-0.4, -0.2) is 63.6 Å². The normalized spacial score (nSPS) is 18.2. The highest BCUT2D eigenvalue weighted by Gasteiger charge is 2.19. The number of rotatable bonds is 7. The van der Waals surface area contributed by atoms with Crippen LogP contribution in [-0.2, 0) is 4.79 Å². The molecule has 1 amide bonds. The number of likely N-dealkylation sites (N-methyl/N-ethyl adjacent to an activating group) is 1. The molecule has 0 bridgehead atoms. The molecule has 0 atom stereocenters. The maximum atomic E-state index is 11.8. The molecule has 2 aromatic carbocycles. The summed E-state index contributed by atoms with van der Waals surface area (Å²) in [5, 5.41) is 2.82. The second kappa shape index (κ2) is 11.5. The second-order valence-electron chi connectivity index (χ2n) is 8.59. The number of amides is 1. The molecule has 184 valence electrons. The summed E-state index contributed by atoms with van der Waals surface area (Å²) in [7, 11) is 3.81. The third-order valence-corrected chi connectivity index (χ3v) is 6.19. The smallest absolute Gasteiger partial charge is 0.247 e. The Hall–Kier alpha value is -4.23. The highest BCUT2D eigenvalue weighted by Crippen LogP contribution is 2.36. The van der Waals surface area contributed by atoms with Gasteiger partial charge in [-0.25, -0.2) is 4.99 Å². The third kappa shape index (κ3) is 5.70. The largest absolute Gasteiger partial charge is 0.494 e. The van der Waals surface area contributed by atoms with Crippen molar-refractivity contribution in [3.05, 3.63) is 90.7 Å². The van der Waals surface area contributed by atoms with Crippen LogP contribution >= 0.6 is 0 Å². The van der Waals surface area contributed by atoms with Crippen LogP contribution in [0, 0.1) is 0 Å². The Labute approximate surface area is 212 Å². The molecule has 1 aliphatic heterocycles. The number of piperazine rings is 1. The molecular weight excluding hydrogens is 450 g/mol. The van der Waals surface area contributed by atoms with E-state index in [4.69, 9.17) is 9.73 Å². The van der Waals surface area contributed by atoms with Crippen LogP contribution in [0.2, 0.25) is 0 Å². The van der Waals surface area contributed by atoms with E-state index >= 15 is 0 Å². The van der Waals surface area contributed by atoms with Gasteiger partial charge in [-0.3, -0.25) is 9.79 Å². The van der Waals surface area contributed by atoms with Gasteiger partial charge in [-0.05, 0) is 49.7 Å². The molecule has 2 aliphatic rings. The number of allylic oxidation sites excluding steroid dienone is 5. The SMILES string of the molecule is C=CC(=O)Nc1cccc(C2=CC=CC(=C/N=C)/C2=N\c2ccc(N3CCN(C)CC3)cc2OC)c1. The highest BCUT2D eigenvalue weighted by atomic mass is 16.5. The second-order valence-corrected chi connectivity index (χ2v) is 8.59. The van der Waals surface area contributed by atoms with Crippen LogP contribution in [0.1, 0.15) is 5.56 Å². The van der Waals surface area contributed by atoms with Crippen molar-refractivity contribution >= 4 is 41.0 Å². The van der Waals surface area contributed by atoms with Crippen LogP contribution in [0.15, 0.2) is 95.1 Å². The van der Waals surface area contributed by atoms with Gasteiger partial charge in [-0.2, -0.15) is 0 Å². The number of nitrogens with zero attached hydrogens (tertiary/aromatic N) is 4. The molecule has 1 aliphatic carbocycles. The zero-order chi connectivity index (χ0) is 25.5. The molecule has 1 fully saturated rings. The van der Waals surface area contributed by atoms with E-state index < -0.39 is 0 Å². The van der Waals surface area contributed by atoms with E-state index in [1.807, 2.05) is 54.6 Å². The summed E-state index contributed by atoms with van der Waals surface area (Å²) in [6.07, 6.45) is 8.84. The Morgan fingerprint density at radius 1 is 1.14 bits per heavy atom. The zero-order valence-corrected chi connectivity index (χ0v) is 20.8. The van der Waals surface area contributed by atoms with Gasteiger partial charge in [-0.15, -0.1) is 0 Å². The number of methoxy groups -OCH3 is 1. The summed E-state index contributed by atoms with van der Waals surface area (Å²) in [5.74, 6) is 0.436. The number of hydrogen-bond acceptors (Lipinski definition) is 6. The summed E-state index contributed by atoms with van der Waals surface area (Å²) in [5.41, 5.74) is 5.88. The maximum absolute atomic E-state index is 11.8. The Morgan fingerprint density at radius 3 is 2.67 bits per heavy atom. The number of anilines is 2. The topological polar surface area (TPSA) is 69.5 Å². The first-order valence-electron chi connectivity index (χ1n) is 11.8. The van der Waals surface area contributed by atoms with E-state index in [-0.39, 0.29) is 5.91 Å². The molecule has 1 N–H and O–H groups in total. The Bertz CT molecular complexity index is 1280. The van der Waals surface area contributed by atoms with Crippen molar-refractivity contribution in [2.45, 2.75) is 0 Å². The highest BCUT2D eigenvalue weighted by molar-refractivity contribution is 6.34. The molecule has 0 aromatic heterocycles. The molecule has 7 heteroatoms. The van der Waals surface area contributed by atoms with E-state index in [0.717, 1.165) is 60.0 Å². The number of benzene rings is 2. The first-order chi connectivity index (χ1) is 17.5. The number of ether oxygens (including phenoxy) is 1. The fourth-order valence-corrected chi connectivity index (χ4v) is 4.22. The number of carbonyl (C=O) groups excluding carboxylic acids is 1. The van der Waals surface area contributed by atoms with Gasteiger partial charge in [-0.1, -0.05) is 36.9 Å². The molecule has 2 aromatic rings. The predicted molar refractivity (Wildman–Crippen MR) is 150 cm³/mol. The van der Waals surface area contributed by atoms with Gasteiger partial charge < -0.3 is 19.9 Å². The van der Waals surface area contributed by atoms with Crippen molar-refractivity contribution in [1.82, 2.24) is 4.90 Å². The van der Waals surface area contributed by atoms with E-state index in [1.165, 1.54) is 6.08 Å². The average molecular weight is 482 g/mol. The lowest BCUT2D eigenvalue weighted by molar-refractivity contribution is -0.111. The third-order valence-electron chi connectivity index (χ3n) is 6.19. The molecule has 0 radical (unpaired) electrons. The molecule has 36 heavy (non-hydrogen) atoms. The van der Waals surface area contributed by atoms with E-state index in [0.29, 0.717) is 11.4 Å². The van der Waals surface area contributed by atoms with Crippen molar-refractivity contribution in [3.63, 3.8) is 0 Å². The van der Waals surface area contributed by atoms with Gasteiger partial charge in [0.1, 0.15) is 11.4 Å². The van der Waals surface area contributed by atoms with Crippen LogP contribution in [0.5, 0.6) is 5.75 Å². The lowest BCUT2D eigenvalue weighted by atomic mass is 9.91. The van der Waals surface area contributed by atoms with E-state index in [1.54, 1.807) is 13.3 Å².